The van der Waals surface area contributed by atoms with Crippen molar-refractivity contribution in [2.45, 2.75) is 63.1 Å². The van der Waals surface area contributed by atoms with Crippen LogP contribution in [0.2, 0.25) is 0 Å². The van der Waals surface area contributed by atoms with Crippen LogP contribution < -0.4 is 0 Å². The van der Waals surface area contributed by atoms with Crippen molar-refractivity contribution >= 4 is 11.9 Å². The first-order valence-electron chi connectivity index (χ1n) is 9.58. The second kappa shape index (κ2) is 6.34. The van der Waals surface area contributed by atoms with Crippen molar-refractivity contribution in [1.82, 2.24) is 9.88 Å². The van der Waals surface area contributed by atoms with E-state index < -0.39 is 11.2 Å². The van der Waals surface area contributed by atoms with Gasteiger partial charge < -0.3 is 14.7 Å². The normalized spacial score (nSPS) is 26.9. The Morgan fingerprint density at radius 1 is 1.23 bits per heavy atom. The summed E-state index contributed by atoms with van der Waals surface area (Å²) in [6.45, 7) is 2.92. The summed E-state index contributed by atoms with van der Waals surface area (Å²) in [5.41, 5.74) is 0.164. The number of hydrogen-bond donors (Lipinski definition) is 1. The summed E-state index contributed by atoms with van der Waals surface area (Å²) in [6, 6.07) is 3.81. The molecule has 6 nitrogen and oxygen atoms in total. The number of hydrogen-bond acceptors (Lipinski definition) is 5. The molecule has 0 radical (unpaired) electrons. The average Bonchev–Trinajstić information content (AvgIpc) is 3.22. The maximum atomic E-state index is 13.1. The summed E-state index contributed by atoms with van der Waals surface area (Å²) in [4.78, 5) is 31.1. The predicted octanol–water partition coefficient (Wildman–Crippen LogP) is 2.08. The first kappa shape index (κ1) is 17.5. The number of carbonyl (C=O) groups is 2. The quantitative estimate of drug-likeness (QED) is 0.819. The molecule has 1 atom stereocenters. The van der Waals surface area contributed by atoms with Crippen LogP contribution in [-0.4, -0.2) is 45.6 Å². The van der Waals surface area contributed by atoms with Gasteiger partial charge in [0.25, 0.3) is 0 Å². The van der Waals surface area contributed by atoms with Gasteiger partial charge in [-0.2, -0.15) is 0 Å². The lowest BCUT2D eigenvalue weighted by Gasteiger charge is -2.40. The number of amides is 1. The third-order valence-corrected chi connectivity index (χ3v) is 6.36. The number of piperidine rings is 1. The number of carbonyl (C=O) groups excluding carboxylic acids is 2. The molecule has 2 saturated heterocycles. The van der Waals surface area contributed by atoms with Crippen molar-refractivity contribution in [3.63, 3.8) is 0 Å². The average molecular weight is 358 g/mol. The molecule has 26 heavy (non-hydrogen) atoms. The van der Waals surface area contributed by atoms with Crippen LogP contribution >= 0.6 is 0 Å². The van der Waals surface area contributed by atoms with E-state index in [9.17, 15) is 14.7 Å². The topological polar surface area (TPSA) is 79.7 Å². The molecule has 1 unspecified atom stereocenters. The fourth-order valence-corrected chi connectivity index (χ4v) is 4.75. The van der Waals surface area contributed by atoms with Gasteiger partial charge in [-0.25, -0.2) is 0 Å². The zero-order valence-corrected chi connectivity index (χ0v) is 15.2. The molecule has 4 rings (SSSR count). The molecule has 1 N–H and O–H groups in total. The Kier molecular flexibility index (Phi) is 4.26. The Morgan fingerprint density at radius 3 is 2.54 bits per heavy atom. The lowest BCUT2D eigenvalue weighted by atomic mass is 9.82. The second-order valence-electron chi connectivity index (χ2n) is 8.08. The lowest BCUT2D eigenvalue weighted by Crippen LogP contribution is -2.50. The fourth-order valence-electron chi connectivity index (χ4n) is 4.75. The predicted molar refractivity (Wildman–Crippen MR) is 94.1 cm³/mol. The first-order chi connectivity index (χ1) is 12.4. The second-order valence-corrected chi connectivity index (χ2v) is 8.08. The maximum absolute atomic E-state index is 13.1. The molecule has 2 aliphatic heterocycles. The SMILES string of the molecule is Cc1ccc(C2(O)CCN(C(=O)C3CC(=O)OC34CCCC4)CC2)nc1. The first-order valence-corrected chi connectivity index (χ1v) is 9.58. The summed E-state index contributed by atoms with van der Waals surface area (Å²) in [5, 5.41) is 11.0. The van der Waals surface area contributed by atoms with Crippen LogP contribution in [0.4, 0.5) is 0 Å². The Hall–Kier alpha value is -1.95. The monoisotopic (exact) mass is 358 g/mol. The van der Waals surface area contributed by atoms with Gasteiger partial charge in [0.2, 0.25) is 5.91 Å². The molecule has 140 valence electrons. The van der Waals surface area contributed by atoms with Crippen molar-refractivity contribution < 1.29 is 19.4 Å². The van der Waals surface area contributed by atoms with E-state index in [1.807, 2.05) is 19.1 Å². The van der Waals surface area contributed by atoms with Crippen LogP contribution in [0.1, 0.15) is 56.2 Å². The minimum atomic E-state index is -0.989. The lowest BCUT2D eigenvalue weighted by molar-refractivity contribution is -0.153. The van der Waals surface area contributed by atoms with E-state index in [2.05, 4.69) is 4.98 Å². The Balaban J connectivity index is 1.45. The zero-order chi connectivity index (χ0) is 18.4. The third kappa shape index (κ3) is 2.90. The van der Waals surface area contributed by atoms with Gasteiger partial charge in [0, 0.05) is 19.3 Å². The molecule has 1 aliphatic carbocycles. The van der Waals surface area contributed by atoms with Crippen molar-refractivity contribution in [3.8, 4) is 0 Å². The molecule has 1 aromatic rings. The summed E-state index contributed by atoms with van der Waals surface area (Å²) in [5.74, 6) is -0.597. The molecular formula is C20H26N2O4. The molecule has 1 spiro atoms. The number of esters is 1. The summed E-state index contributed by atoms with van der Waals surface area (Å²) < 4.78 is 5.61. The number of nitrogens with zero attached hydrogens (tertiary/aromatic N) is 2. The van der Waals surface area contributed by atoms with Crippen molar-refractivity contribution in [2.24, 2.45) is 5.92 Å². The van der Waals surface area contributed by atoms with Gasteiger partial charge in [0.15, 0.2) is 0 Å². The minimum absolute atomic E-state index is 0.0108. The number of ether oxygens (including phenoxy) is 1. The van der Waals surface area contributed by atoms with Gasteiger partial charge in [-0.05, 0) is 57.1 Å². The number of rotatable bonds is 2. The largest absolute Gasteiger partial charge is 0.458 e. The van der Waals surface area contributed by atoms with Crippen LogP contribution in [0, 0.1) is 12.8 Å². The smallest absolute Gasteiger partial charge is 0.307 e. The number of aryl methyl sites for hydroxylation is 1. The zero-order valence-electron chi connectivity index (χ0n) is 15.2. The van der Waals surface area contributed by atoms with E-state index in [1.54, 1.807) is 11.1 Å². The van der Waals surface area contributed by atoms with E-state index in [0.29, 0.717) is 31.6 Å². The molecule has 0 aromatic carbocycles. The van der Waals surface area contributed by atoms with Crippen LogP contribution in [0.3, 0.4) is 0 Å². The Morgan fingerprint density at radius 2 is 1.92 bits per heavy atom. The van der Waals surface area contributed by atoms with E-state index in [1.165, 1.54) is 0 Å². The van der Waals surface area contributed by atoms with Gasteiger partial charge in [0.05, 0.1) is 18.0 Å². The van der Waals surface area contributed by atoms with Crippen LogP contribution in [-0.2, 0) is 19.9 Å². The van der Waals surface area contributed by atoms with Crippen molar-refractivity contribution in [1.29, 1.82) is 0 Å². The molecule has 6 heteroatoms. The summed E-state index contributed by atoms with van der Waals surface area (Å²) in [6.07, 6.45) is 6.48. The van der Waals surface area contributed by atoms with Gasteiger partial charge in [-0.1, -0.05) is 6.07 Å². The van der Waals surface area contributed by atoms with E-state index >= 15 is 0 Å². The summed E-state index contributed by atoms with van der Waals surface area (Å²) in [7, 11) is 0. The van der Waals surface area contributed by atoms with Crippen LogP contribution in [0.15, 0.2) is 18.3 Å². The minimum Gasteiger partial charge on any atom is -0.458 e. The van der Waals surface area contributed by atoms with Crippen molar-refractivity contribution in [3.05, 3.63) is 29.6 Å². The van der Waals surface area contributed by atoms with Gasteiger partial charge in [0.1, 0.15) is 11.2 Å². The highest BCUT2D eigenvalue weighted by atomic mass is 16.6. The van der Waals surface area contributed by atoms with E-state index in [4.69, 9.17) is 4.74 Å². The highest BCUT2D eigenvalue weighted by Gasteiger charge is 2.55. The van der Waals surface area contributed by atoms with E-state index in [-0.39, 0.29) is 24.2 Å². The number of likely N-dealkylation sites (tertiary alicyclic amines) is 1. The van der Waals surface area contributed by atoms with Crippen LogP contribution in [0.5, 0.6) is 0 Å². The Bertz CT molecular complexity index is 701. The van der Waals surface area contributed by atoms with Gasteiger partial charge >= 0.3 is 5.97 Å². The van der Waals surface area contributed by atoms with Crippen LogP contribution in [0.25, 0.3) is 0 Å². The molecule has 3 heterocycles. The number of pyridine rings is 1. The van der Waals surface area contributed by atoms with Crippen molar-refractivity contribution in [2.75, 3.05) is 13.1 Å². The number of aliphatic hydroxyl groups is 1. The van der Waals surface area contributed by atoms with Gasteiger partial charge in [-0.3, -0.25) is 14.6 Å². The molecule has 3 aliphatic rings. The molecule has 1 saturated carbocycles. The highest BCUT2D eigenvalue weighted by molar-refractivity contribution is 5.88. The number of aromatic nitrogens is 1. The summed E-state index contributed by atoms with van der Waals surface area (Å²) >= 11 is 0. The highest BCUT2D eigenvalue weighted by Crippen LogP contribution is 2.46. The maximum Gasteiger partial charge on any atom is 0.307 e. The molecule has 1 aromatic heterocycles. The fraction of sp³-hybridized carbons (Fsp3) is 0.650. The van der Waals surface area contributed by atoms with E-state index in [0.717, 1.165) is 31.2 Å². The standard InChI is InChI=1S/C20H26N2O4/c1-14-4-5-16(21-13-14)19(25)8-10-22(11-9-19)18(24)15-12-17(23)26-20(15)6-2-3-7-20/h4-5,13,15,25H,2-3,6-12H2,1H3. The third-order valence-electron chi connectivity index (χ3n) is 6.36. The molecular weight excluding hydrogens is 332 g/mol. The molecule has 0 bridgehead atoms. The Labute approximate surface area is 153 Å². The molecule has 1 amide bonds. The van der Waals surface area contributed by atoms with Gasteiger partial charge in [-0.15, -0.1) is 0 Å². The molecule has 3 fully saturated rings.